The van der Waals surface area contributed by atoms with E-state index in [2.05, 4.69) is 17.1 Å². The summed E-state index contributed by atoms with van der Waals surface area (Å²) in [5.41, 5.74) is 1.43. The second-order valence-corrected chi connectivity index (χ2v) is 9.57. The number of nitrogens with one attached hydrogen (secondary N) is 1. The molecule has 1 N–H and O–H groups in total. The van der Waals surface area contributed by atoms with Gasteiger partial charge >= 0.3 is 0 Å². The highest BCUT2D eigenvalue weighted by atomic mass is 32.2. The van der Waals surface area contributed by atoms with E-state index in [-0.39, 0.29) is 10.8 Å². The maximum absolute atomic E-state index is 12.9. The molecule has 2 heterocycles. The first kappa shape index (κ1) is 20.8. The van der Waals surface area contributed by atoms with Crippen molar-refractivity contribution in [3.8, 4) is 0 Å². The largest absolute Gasteiger partial charge is 0.349 e. The fraction of sp³-hybridized carbons (Fsp3) is 0.550. The molecule has 154 valence electrons. The summed E-state index contributed by atoms with van der Waals surface area (Å²) in [4.78, 5) is 15.5. The van der Waals surface area contributed by atoms with Crippen molar-refractivity contribution < 1.29 is 13.2 Å². The Morgan fingerprint density at radius 2 is 1.96 bits per heavy atom. The molecule has 7 nitrogen and oxygen atoms in total. The fourth-order valence-corrected chi connectivity index (χ4v) is 4.93. The molecule has 0 bridgehead atoms. The van der Waals surface area contributed by atoms with E-state index in [0.29, 0.717) is 24.8 Å². The van der Waals surface area contributed by atoms with Crippen molar-refractivity contribution in [2.45, 2.75) is 44.2 Å². The minimum atomic E-state index is -3.51. The Balaban J connectivity index is 1.87. The van der Waals surface area contributed by atoms with Gasteiger partial charge in [-0.15, -0.1) is 0 Å². The van der Waals surface area contributed by atoms with Crippen LogP contribution in [0.2, 0.25) is 0 Å². The van der Waals surface area contributed by atoms with Crippen LogP contribution >= 0.6 is 0 Å². The van der Waals surface area contributed by atoms with Gasteiger partial charge in [-0.25, -0.2) is 12.7 Å². The summed E-state index contributed by atoms with van der Waals surface area (Å²) >= 11 is 0. The first-order valence-corrected chi connectivity index (χ1v) is 11.3. The highest BCUT2D eigenvalue weighted by Gasteiger charge is 2.24. The first-order chi connectivity index (χ1) is 13.3. The summed E-state index contributed by atoms with van der Waals surface area (Å²) in [5.74, 6) is -0.113. The molecule has 1 aliphatic heterocycles. The van der Waals surface area contributed by atoms with Gasteiger partial charge in [-0.3, -0.25) is 9.69 Å². The number of likely N-dealkylation sites (N-methyl/N-ethyl adjacent to an activating group) is 1. The van der Waals surface area contributed by atoms with Crippen LogP contribution in [-0.4, -0.2) is 67.9 Å². The molecule has 0 saturated carbocycles. The van der Waals surface area contributed by atoms with E-state index in [9.17, 15) is 13.2 Å². The lowest BCUT2D eigenvalue weighted by molar-refractivity contribution is 0.0932. The zero-order valence-corrected chi connectivity index (χ0v) is 17.9. The van der Waals surface area contributed by atoms with Crippen LogP contribution in [0, 0.1) is 0 Å². The van der Waals surface area contributed by atoms with Gasteiger partial charge in [0.05, 0.1) is 4.90 Å². The number of rotatable bonds is 7. The Hall–Kier alpha value is -1.90. The molecule has 1 fully saturated rings. The molecule has 1 aliphatic rings. The Bertz CT molecular complexity index is 965. The van der Waals surface area contributed by atoms with Gasteiger partial charge in [-0.2, -0.15) is 0 Å². The van der Waals surface area contributed by atoms with Crippen LogP contribution in [-0.2, 0) is 16.6 Å². The van der Waals surface area contributed by atoms with Gasteiger partial charge in [0.2, 0.25) is 10.0 Å². The zero-order valence-electron chi connectivity index (χ0n) is 17.1. The third-order valence-corrected chi connectivity index (χ3v) is 7.41. The number of benzene rings is 1. The lowest BCUT2D eigenvalue weighted by atomic mass is 10.2. The third-order valence-electron chi connectivity index (χ3n) is 5.60. The van der Waals surface area contributed by atoms with Crippen LogP contribution in [0.25, 0.3) is 10.9 Å². The first-order valence-electron chi connectivity index (χ1n) is 9.87. The van der Waals surface area contributed by atoms with Crippen molar-refractivity contribution in [2.24, 2.45) is 0 Å². The van der Waals surface area contributed by atoms with E-state index >= 15 is 0 Å². The summed E-state index contributed by atoms with van der Waals surface area (Å²) in [6.45, 7) is 7.49. The molecular weight excluding hydrogens is 376 g/mol. The van der Waals surface area contributed by atoms with Gasteiger partial charge in [0, 0.05) is 44.1 Å². The van der Waals surface area contributed by atoms with Crippen LogP contribution in [0.5, 0.6) is 0 Å². The monoisotopic (exact) mass is 406 g/mol. The van der Waals surface area contributed by atoms with Crippen molar-refractivity contribution in [3.05, 3.63) is 30.0 Å². The molecule has 1 aromatic carbocycles. The number of amides is 1. The van der Waals surface area contributed by atoms with E-state index in [1.807, 2.05) is 11.5 Å². The van der Waals surface area contributed by atoms with E-state index in [0.717, 1.165) is 30.4 Å². The highest BCUT2D eigenvalue weighted by molar-refractivity contribution is 7.89. The maximum atomic E-state index is 12.9. The van der Waals surface area contributed by atoms with Crippen molar-refractivity contribution in [2.75, 3.05) is 33.7 Å². The summed E-state index contributed by atoms with van der Waals surface area (Å²) in [6, 6.07) is 7.20. The third kappa shape index (κ3) is 3.81. The number of carbonyl (C=O) groups excluding carboxylic acids is 1. The molecule has 8 heteroatoms. The fourth-order valence-electron chi connectivity index (χ4n) is 3.99. The van der Waals surface area contributed by atoms with Gasteiger partial charge in [0.25, 0.3) is 5.91 Å². The van der Waals surface area contributed by atoms with Gasteiger partial charge in [-0.05, 0) is 57.1 Å². The Labute approximate surface area is 167 Å². The molecule has 1 saturated heterocycles. The zero-order chi connectivity index (χ0) is 20.5. The number of carbonyl (C=O) groups is 1. The minimum absolute atomic E-state index is 0.113. The Kier molecular flexibility index (Phi) is 6.12. The van der Waals surface area contributed by atoms with Gasteiger partial charge < -0.3 is 9.88 Å². The SMILES string of the molecule is CCN1CCCC1CNC(=O)c1cc2cc(S(=O)(=O)N(C)C)ccc2n1CC. The predicted molar refractivity (Wildman–Crippen MR) is 111 cm³/mol. The maximum Gasteiger partial charge on any atom is 0.267 e. The Morgan fingerprint density at radius 1 is 1.21 bits per heavy atom. The van der Waals surface area contributed by atoms with Crippen LogP contribution < -0.4 is 5.32 Å². The summed E-state index contributed by atoms with van der Waals surface area (Å²) in [7, 11) is -0.487. The number of sulfonamides is 1. The van der Waals surface area contributed by atoms with Crippen LogP contribution in [0.3, 0.4) is 0 Å². The number of likely N-dealkylation sites (tertiary alicyclic amines) is 1. The van der Waals surface area contributed by atoms with Crippen LogP contribution in [0.1, 0.15) is 37.2 Å². The average Bonchev–Trinajstić information content (AvgIpc) is 3.28. The summed E-state index contributed by atoms with van der Waals surface area (Å²) in [5, 5.41) is 3.83. The number of aryl methyl sites for hydroxylation is 1. The van der Waals surface area contributed by atoms with E-state index < -0.39 is 10.0 Å². The quantitative estimate of drug-likeness (QED) is 0.764. The highest BCUT2D eigenvalue weighted by Crippen LogP contribution is 2.25. The second kappa shape index (κ2) is 8.23. The molecule has 2 aromatic rings. The lowest BCUT2D eigenvalue weighted by Gasteiger charge is -2.23. The topological polar surface area (TPSA) is 74.7 Å². The molecule has 0 spiro atoms. The predicted octanol–water partition coefficient (Wildman–Crippen LogP) is 2.13. The van der Waals surface area contributed by atoms with Crippen molar-refractivity contribution in [1.82, 2.24) is 19.1 Å². The van der Waals surface area contributed by atoms with Crippen molar-refractivity contribution >= 4 is 26.8 Å². The average molecular weight is 407 g/mol. The van der Waals surface area contributed by atoms with Crippen LogP contribution in [0.4, 0.5) is 0 Å². The number of fused-ring (bicyclic) bond motifs is 1. The minimum Gasteiger partial charge on any atom is -0.349 e. The molecule has 1 unspecified atom stereocenters. The molecule has 1 amide bonds. The molecule has 0 radical (unpaired) electrons. The summed E-state index contributed by atoms with van der Waals surface area (Å²) < 4.78 is 28.0. The molecule has 3 rings (SSSR count). The Morgan fingerprint density at radius 3 is 2.61 bits per heavy atom. The van der Waals surface area contributed by atoms with Crippen molar-refractivity contribution in [3.63, 3.8) is 0 Å². The number of nitrogens with zero attached hydrogens (tertiary/aromatic N) is 3. The molecule has 1 aromatic heterocycles. The standard InChI is InChI=1S/C20H30N4O3S/c1-5-23-11-7-8-16(23)14-21-20(25)19-13-15-12-17(28(26,27)22(3)4)9-10-18(15)24(19)6-2/h9-10,12-13,16H,5-8,11,14H2,1-4H3,(H,21,25). The van der Waals surface area contributed by atoms with Gasteiger partial charge in [0.1, 0.15) is 5.69 Å². The van der Waals surface area contributed by atoms with Gasteiger partial charge in [0.15, 0.2) is 0 Å². The normalized spacial score (nSPS) is 18.2. The number of hydrogen-bond acceptors (Lipinski definition) is 4. The molecule has 0 aliphatic carbocycles. The van der Waals surface area contributed by atoms with Crippen LogP contribution in [0.15, 0.2) is 29.2 Å². The molecule has 1 atom stereocenters. The van der Waals surface area contributed by atoms with E-state index in [4.69, 9.17) is 0 Å². The number of aromatic nitrogens is 1. The van der Waals surface area contributed by atoms with Gasteiger partial charge in [-0.1, -0.05) is 6.92 Å². The summed E-state index contributed by atoms with van der Waals surface area (Å²) in [6.07, 6.45) is 2.28. The lowest BCUT2D eigenvalue weighted by Crippen LogP contribution is -2.40. The number of hydrogen-bond donors (Lipinski definition) is 1. The van der Waals surface area contributed by atoms with E-state index in [1.165, 1.54) is 24.8 Å². The van der Waals surface area contributed by atoms with Crippen molar-refractivity contribution in [1.29, 1.82) is 0 Å². The second-order valence-electron chi connectivity index (χ2n) is 7.42. The molecular formula is C20H30N4O3S. The molecule has 28 heavy (non-hydrogen) atoms. The van der Waals surface area contributed by atoms with E-state index in [1.54, 1.807) is 24.3 Å². The smallest absolute Gasteiger partial charge is 0.267 e.